The second-order valence-corrected chi connectivity index (χ2v) is 8.18. The average molecular weight is 493 g/mol. The molecule has 2 amide bonds. The Hall–Kier alpha value is -4.40. The van der Waals surface area contributed by atoms with Gasteiger partial charge in [0.15, 0.2) is 11.5 Å². The monoisotopic (exact) mass is 492 g/mol. The quantitative estimate of drug-likeness (QED) is 0.519. The van der Waals surface area contributed by atoms with Crippen LogP contribution in [-0.4, -0.2) is 51.1 Å². The van der Waals surface area contributed by atoms with E-state index in [1.54, 1.807) is 30.3 Å². The van der Waals surface area contributed by atoms with E-state index in [9.17, 15) is 14.4 Å². The third-order valence-corrected chi connectivity index (χ3v) is 6.27. The molecule has 0 saturated heterocycles. The number of amides is 2. The Morgan fingerprint density at radius 3 is 2.22 bits per heavy atom. The van der Waals surface area contributed by atoms with E-state index in [1.165, 1.54) is 63.6 Å². The van der Waals surface area contributed by atoms with Gasteiger partial charge in [-0.1, -0.05) is 30.3 Å². The summed E-state index contributed by atoms with van der Waals surface area (Å²) in [6.45, 7) is 0. The smallest absolute Gasteiger partial charge is 0.339 e. The Balaban J connectivity index is 1.90. The number of ether oxygens (including phenoxy) is 3. The van der Waals surface area contributed by atoms with Crippen LogP contribution in [0.1, 0.15) is 43.8 Å². The minimum absolute atomic E-state index is 0.156. The van der Waals surface area contributed by atoms with Crippen molar-refractivity contribution in [3.8, 4) is 11.5 Å². The fourth-order valence-corrected chi connectivity index (χ4v) is 4.53. The number of methoxy groups -OCH3 is 3. The summed E-state index contributed by atoms with van der Waals surface area (Å²) in [5, 5.41) is 2.78. The molecule has 0 fully saturated rings. The molecule has 8 nitrogen and oxygen atoms in total. The molecule has 3 aromatic rings. The Kier molecular flexibility index (Phi) is 6.91. The van der Waals surface area contributed by atoms with E-state index in [4.69, 9.17) is 14.2 Å². The SMILES string of the molecule is COC(=O)c1ccccc1NC(=O)[C@H]1c2cc(OC)c(OC)cc2C(=O)N(C)[C@@H]1c1ccccc1F. The van der Waals surface area contributed by atoms with Crippen LogP contribution >= 0.6 is 0 Å². The molecule has 1 heterocycles. The lowest BCUT2D eigenvalue weighted by molar-refractivity contribution is -0.119. The summed E-state index contributed by atoms with van der Waals surface area (Å²) in [6, 6.07) is 14.5. The molecule has 0 saturated carbocycles. The number of carbonyl (C=O) groups excluding carboxylic acids is 3. The standard InChI is InChI=1S/C27H25FN2O6/c1-30-24(15-9-5-7-11-19(15)28)23(17-13-21(34-2)22(35-3)14-18(17)26(30)32)25(31)29-20-12-8-6-10-16(20)27(33)36-4/h5-14,23-24H,1-4H3,(H,29,31)/t23-,24+/m0/s1. The number of benzene rings is 3. The Bertz CT molecular complexity index is 1340. The first-order valence-corrected chi connectivity index (χ1v) is 11.1. The molecular weight excluding hydrogens is 467 g/mol. The van der Waals surface area contributed by atoms with Crippen molar-refractivity contribution < 1.29 is 33.0 Å². The second-order valence-electron chi connectivity index (χ2n) is 8.18. The zero-order valence-corrected chi connectivity index (χ0v) is 20.2. The highest BCUT2D eigenvalue weighted by atomic mass is 19.1. The van der Waals surface area contributed by atoms with Crippen LogP contribution in [0.2, 0.25) is 0 Å². The molecule has 3 aromatic carbocycles. The summed E-state index contributed by atoms with van der Waals surface area (Å²) >= 11 is 0. The van der Waals surface area contributed by atoms with Crippen molar-refractivity contribution in [1.29, 1.82) is 0 Å². The number of esters is 1. The highest BCUT2D eigenvalue weighted by molar-refractivity contribution is 6.07. The van der Waals surface area contributed by atoms with E-state index in [-0.39, 0.29) is 22.4 Å². The number of fused-ring (bicyclic) bond motifs is 1. The maximum absolute atomic E-state index is 15.0. The summed E-state index contributed by atoms with van der Waals surface area (Å²) < 4.78 is 30.6. The van der Waals surface area contributed by atoms with Gasteiger partial charge in [0.2, 0.25) is 5.91 Å². The lowest BCUT2D eigenvalue weighted by Crippen LogP contribution is -2.44. The van der Waals surface area contributed by atoms with Gasteiger partial charge in [0.05, 0.1) is 44.5 Å². The maximum Gasteiger partial charge on any atom is 0.339 e. The number of hydrogen-bond donors (Lipinski definition) is 1. The van der Waals surface area contributed by atoms with Crippen molar-refractivity contribution in [2.24, 2.45) is 0 Å². The van der Waals surface area contributed by atoms with E-state index in [0.29, 0.717) is 17.1 Å². The van der Waals surface area contributed by atoms with Gasteiger partial charge < -0.3 is 24.4 Å². The average Bonchev–Trinajstić information content (AvgIpc) is 2.90. The number of halogens is 1. The normalized spacial score (nSPS) is 16.7. The fraction of sp³-hybridized carbons (Fsp3) is 0.222. The van der Waals surface area contributed by atoms with Crippen LogP contribution in [0, 0.1) is 5.82 Å². The maximum atomic E-state index is 15.0. The lowest BCUT2D eigenvalue weighted by atomic mass is 9.79. The fourth-order valence-electron chi connectivity index (χ4n) is 4.53. The summed E-state index contributed by atoms with van der Waals surface area (Å²) in [4.78, 5) is 40.9. The molecular formula is C27H25FN2O6. The summed E-state index contributed by atoms with van der Waals surface area (Å²) in [6.07, 6.45) is 0. The largest absolute Gasteiger partial charge is 0.493 e. The van der Waals surface area contributed by atoms with Crippen molar-refractivity contribution in [2.45, 2.75) is 12.0 Å². The van der Waals surface area contributed by atoms with Gasteiger partial charge in [-0.25, -0.2) is 9.18 Å². The molecule has 0 bridgehead atoms. The molecule has 1 N–H and O–H groups in total. The minimum Gasteiger partial charge on any atom is -0.493 e. The molecule has 0 spiro atoms. The Labute approximate surface area is 207 Å². The predicted molar refractivity (Wildman–Crippen MR) is 130 cm³/mol. The van der Waals surface area contributed by atoms with Gasteiger partial charge in [0, 0.05) is 18.2 Å². The topological polar surface area (TPSA) is 94.2 Å². The number of anilines is 1. The van der Waals surface area contributed by atoms with Crippen molar-refractivity contribution >= 4 is 23.5 Å². The van der Waals surface area contributed by atoms with Crippen LogP contribution in [0.5, 0.6) is 11.5 Å². The Morgan fingerprint density at radius 2 is 1.56 bits per heavy atom. The van der Waals surface area contributed by atoms with Crippen LogP contribution in [0.3, 0.4) is 0 Å². The molecule has 36 heavy (non-hydrogen) atoms. The predicted octanol–water partition coefficient (Wildman–Crippen LogP) is 4.18. The van der Waals surface area contributed by atoms with E-state index >= 15 is 4.39 Å². The zero-order valence-electron chi connectivity index (χ0n) is 20.2. The van der Waals surface area contributed by atoms with E-state index < -0.39 is 35.6 Å². The molecule has 186 valence electrons. The van der Waals surface area contributed by atoms with Crippen molar-refractivity contribution in [3.63, 3.8) is 0 Å². The molecule has 9 heteroatoms. The van der Waals surface area contributed by atoms with E-state index in [2.05, 4.69) is 5.32 Å². The summed E-state index contributed by atoms with van der Waals surface area (Å²) in [7, 11) is 5.64. The molecule has 0 aliphatic carbocycles. The van der Waals surface area contributed by atoms with Gasteiger partial charge in [-0.15, -0.1) is 0 Å². The van der Waals surface area contributed by atoms with Crippen LogP contribution in [0.25, 0.3) is 0 Å². The minimum atomic E-state index is -1.05. The number of para-hydroxylation sites is 1. The third kappa shape index (κ3) is 4.24. The zero-order chi connectivity index (χ0) is 26.0. The van der Waals surface area contributed by atoms with Crippen molar-refractivity contribution in [2.75, 3.05) is 33.7 Å². The first kappa shape index (κ1) is 24.7. The third-order valence-electron chi connectivity index (χ3n) is 6.27. The van der Waals surface area contributed by atoms with Crippen LogP contribution in [0.15, 0.2) is 60.7 Å². The van der Waals surface area contributed by atoms with Gasteiger partial charge in [-0.2, -0.15) is 0 Å². The number of hydrogen-bond acceptors (Lipinski definition) is 6. The van der Waals surface area contributed by atoms with Crippen LogP contribution in [-0.2, 0) is 9.53 Å². The van der Waals surface area contributed by atoms with Crippen LogP contribution < -0.4 is 14.8 Å². The molecule has 2 atom stereocenters. The first-order valence-electron chi connectivity index (χ1n) is 11.1. The lowest BCUT2D eigenvalue weighted by Gasteiger charge is -2.40. The van der Waals surface area contributed by atoms with Crippen molar-refractivity contribution in [3.05, 3.63) is 88.7 Å². The molecule has 0 unspecified atom stereocenters. The molecule has 4 rings (SSSR count). The number of nitrogens with one attached hydrogen (secondary N) is 1. The summed E-state index contributed by atoms with van der Waals surface area (Å²) in [5.41, 5.74) is 1.13. The Morgan fingerprint density at radius 1 is 0.917 bits per heavy atom. The number of carbonyl (C=O) groups is 3. The number of nitrogens with zero attached hydrogens (tertiary/aromatic N) is 1. The van der Waals surface area contributed by atoms with Crippen molar-refractivity contribution in [1.82, 2.24) is 4.90 Å². The van der Waals surface area contributed by atoms with Gasteiger partial charge in [-0.05, 0) is 35.9 Å². The second kappa shape index (κ2) is 10.1. The molecule has 1 aliphatic rings. The van der Waals surface area contributed by atoms with Gasteiger partial charge in [-0.3, -0.25) is 9.59 Å². The molecule has 0 radical (unpaired) electrons. The first-order chi connectivity index (χ1) is 17.3. The van der Waals surface area contributed by atoms with E-state index in [0.717, 1.165) is 0 Å². The number of likely N-dealkylation sites (N-methyl/N-ethyl adjacent to an activating group) is 1. The van der Waals surface area contributed by atoms with Crippen LogP contribution in [0.4, 0.5) is 10.1 Å². The molecule has 1 aliphatic heterocycles. The van der Waals surface area contributed by atoms with E-state index in [1.807, 2.05) is 0 Å². The highest BCUT2D eigenvalue weighted by Crippen LogP contribution is 2.46. The highest BCUT2D eigenvalue weighted by Gasteiger charge is 2.44. The van der Waals surface area contributed by atoms with Gasteiger partial charge >= 0.3 is 5.97 Å². The van der Waals surface area contributed by atoms with Gasteiger partial charge in [0.25, 0.3) is 5.91 Å². The number of rotatable bonds is 6. The summed E-state index contributed by atoms with van der Waals surface area (Å²) in [5.74, 6) is -2.56. The molecule has 0 aromatic heterocycles. The van der Waals surface area contributed by atoms with Gasteiger partial charge in [0.1, 0.15) is 5.82 Å².